The van der Waals surface area contributed by atoms with E-state index in [2.05, 4.69) is 25.2 Å². The first-order valence-corrected chi connectivity index (χ1v) is 10.8. The van der Waals surface area contributed by atoms with Gasteiger partial charge in [-0.2, -0.15) is 5.10 Å². The second kappa shape index (κ2) is 7.44. The molecule has 1 aromatic carbocycles. The number of aromatic nitrogens is 5. The van der Waals surface area contributed by atoms with Gasteiger partial charge in [-0.05, 0) is 38.0 Å². The van der Waals surface area contributed by atoms with E-state index in [4.69, 9.17) is 0 Å². The van der Waals surface area contributed by atoms with Crippen molar-refractivity contribution in [3.8, 4) is 5.69 Å². The maximum atomic E-state index is 12.8. The molecule has 7 nitrogen and oxygen atoms in total. The molecule has 0 unspecified atom stereocenters. The van der Waals surface area contributed by atoms with Crippen LogP contribution in [0.15, 0.2) is 36.4 Å². The third-order valence-electron chi connectivity index (χ3n) is 5.36. The molecule has 0 fully saturated rings. The molecule has 29 heavy (non-hydrogen) atoms. The molecule has 1 N–H and O–H groups in total. The van der Waals surface area contributed by atoms with Crippen LogP contribution in [0.5, 0.6) is 0 Å². The largest absolute Gasteiger partial charge is 0.344 e. The topological polar surface area (TPSA) is 77.6 Å². The zero-order valence-corrected chi connectivity index (χ0v) is 17.1. The van der Waals surface area contributed by atoms with E-state index in [1.807, 2.05) is 48.0 Å². The predicted molar refractivity (Wildman–Crippen MR) is 112 cm³/mol. The second-order valence-corrected chi connectivity index (χ2v) is 8.37. The van der Waals surface area contributed by atoms with Crippen molar-refractivity contribution < 1.29 is 4.79 Å². The van der Waals surface area contributed by atoms with Gasteiger partial charge >= 0.3 is 0 Å². The zero-order valence-electron chi connectivity index (χ0n) is 16.3. The summed E-state index contributed by atoms with van der Waals surface area (Å²) < 4.78 is 4.07. The molecule has 8 heteroatoms. The van der Waals surface area contributed by atoms with Crippen LogP contribution in [-0.4, -0.2) is 30.5 Å². The van der Waals surface area contributed by atoms with E-state index in [-0.39, 0.29) is 5.91 Å². The van der Waals surface area contributed by atoms with Crippen LogP contribution in [-0.2, 0) is 19.5 Å². The maximum Gasteiger partial charge on any atom is 0.261 e. The quantitative estimate of drug-likeness (QED) is 0.561. The summed E-state index contributed by atoms with van der Waals surface area (Å²) >= 11 is 1.46. The molecule has 1 amide bonds. The highest BCUT2D eigenvalue weighted by atomic mass is 32.1. The van der Waals surface area contributed by atoms with Gasteiger partial charge in [0.05, 0.1) is 22.8 Å². The zero-order chi connectivity index (χ0) is 19.8. The van der Waals surface area contributed by atoms with E-state index in [1.165, 1.54) is 17.8 Å². The average Bonchev–Trinajstić information content (AvgIpc) is 3.37. The van der Waals surface area contributed by atoms with Crippen molar-refractivity contribution in [2.75, 3.05) is 0 Å². The number of fused-ring (bicyclic) bond motifs is 2. The lowest BCUT2D eigenvalue weighted by Crippen LogP contribution is -2.24. The molecule has 4 heterocycles. The Morgan fingerprint density at radius 1 is 1.17 bits per heavy atom. The first kappa shape index (κ1) is 18.1. The fourth-order valence-corrected chi connectivity index (χ4v) is 4.93. The van der Waals surface area contributed by atoms with Crippen LogP contribution >= 0.6 is 11.3 Å². The number of thiophene rings is 1. The lowest BCUT2D eigenvalue weighted by molar-refractivity contribution is 0.0953. The van der Waals surface area contributed by atoms with Gasteiger partial charge < -0.3 is 9.88 Å². The summed E-state index contributed by atoms with van der Waals surface area (Å²) in [5.74, 6) is 1.78. The Bertz CT molecular complexity index is 1170. The van der Waals surface area contributed by atoms with Crippen LogP contribution in [0.3, 0.4) is 0 Å². The van der Waals surface area contributed by atoms with Gasteiger partial charge in [-0.1, -0.05) is 24.6 Å². The highest BCUT2D eigenvalue weighted by Gasteiger charge is 2.19. The van der Waals surface area contributed by atoms with Gasteiger partial charge in [-0.25, -0.2) is 4.68 Å². The van der Waals surface area contributed by atoms with Crippen LogP contribution in [0.1, 0.15) is 46.3 Å². The summed E-state index contributed by atoms with van der Waals surface area (Å²) in [4.78, 5) is 14.5. The molecule has 0 radical (unpaired) electrons. The monoisotopic (exact) mass is 406 g/mol. The molecule has 0 spiro atoms. The van der Waals surface area contributed by atoms with Gasteiger partial charge in [0.25, 0.3) is 5.91 Å². The van der Waals surface area contributed by atoms with Crippen LogP contribution in [0.4, 0.5) is 0 Å². The highest BCUT2D eigenvalue weighted by Crippen LogP contribution is 2.30. The Kier molecular flexibility index (Phi) is 4.63. The number of nitrogens with one attached hydrogen (secondary N) is 1. The van der Waals surface area contributed by atoms with Crippen LogP contribution in [0.25, 0.3) is 15.9 Å². The summed E-state index contributed by atoms with van der Waals surface area (Å²) in [5.41, 5.74) is 1.91. The molecular weight excluding hydrogens is 384 g/mol. The van der Waals surface area contributed by atoms with Crippen molar-refractivity contribution in [3.63, 3.8) is 0 Å². The number of aryl methyl sites for hydroxylation is 2. The predicted octanol–water partition coefficient (Wildman–Crippen LogP) is 3.64. The van der Waals surface area contributed by atoms with Crippen LogP contribution in [0.2, 0.25) is 0 Å². The Morgan fingerprint density at radius 2 is 2.03 bits per heavy atom. The minimum absolute atomic E-state index is 0.0869. The molecule has 0 atom stereocenters. The number of hydrogen-bond donors (Lipinski definition) is 1. The molecule has 1 aliphatic rings. The maximum absolute atomic E-state index is 12.8. The minimum atomic E-state index is -0.0869. The van der Waals surface area contributed by atoms with Crippen molar-refractivity contribution in [1.82, 2.24) is 29.9 Å². The van der Waals surface area contributed by atoms with Crippen LogP contribution in [0, 0.1) is 6.92 Å². The Labute approximate surface area is 172 Å². The van der Waals surface area contributed by atoms with Crippen molar-refractivity contribution in [2.45, 2.75) is 45.7 Å². The van der Waals surface area contributed by atoms with Gasteiger partial charge in [0.1, 0.15) is 10.7 Å². The molecule has 148 valence electrons. The van der Waals surface area contributed by atoms with Crippen molar-refractivity contribution in [2.24, 2.45) is 0 Å². The number of carbonyl (C=O) groups is 1. The first-order chi connectivity index (χ1) is 14.2. The molecule has 0 saturated heterocycles. The number of benzene rings is 1. The number of nitrogens with zero attached hydrogens (tertiary/aromatic N) is 5. The molecule has 5 rings (SSSR count). The molecular formula is C21H22N6OS. The molecule has 0 bridgehead atoms. The van der Waals surface area contributed by atoms with Gasteiger partial charge in [-0.15, -0.1) is 21.5 Å². The van der Waals surface area contributed by atoms with E-state index < -0.39 is 0 Å². The van der Waals surface area contributed by atoms with Crippen molar-refractivity contribution in [3.05, 3.63) is 58.6 Å². The van der Waals surface area contributed by atoms with E-state index >= 15 is 0 Å². The van der Waals surface area contributed by atoms with Crippen molar-refractivity contribution in [1.29, 1.82) is 0 Å². The number of para-hydroxylation sites is 1. The smallest absolute Gasteiger partial charge is 0.261 e. The first-order valence-electron chi connectivity index (χ1n) is 9.94. The fraction of sp³-hybridized carbons (Fsp3) is 0.333. The average molecular weight is 407 g/mol. The number of hydrogen-bond acceptors (Lipinski definition) is 5. The normalized spacial score (nSPS) is 14.0. The lowest BCUT2D eigenvalue weighted by atomic mass is 10.2. The molecule has 1 aliphatic heterocycles. The summed E-state index contributed by atoms with van der Waals surface area (Å²) in [7, 11) is 0. The van der Waals surface area contributed by atoms with E-state index in [0.717, 1.165) is 59.1 Å². The third kappa shape index (κ3) is 3.33. The number of carbonyl (C=O) groups excluding carboxylic acids is 1. The SMILES string of the molecule is Cc1nn(-c2ccccc2)c2sc(C(=O)NCc3nnc4n3CCCCC4)cc12. The summed E-state index contributed by atoms with van der Waals surface area (Å²) in [5, 5.41) is 17.3. The van der Waals surface area contributed by atoms with E-state index in [0.29, 0.717) is 11.4 Å². The minimum Gasteiger partial charge on any atom is -0.344 e. The number of rotatable bonds is 4. The Morgan fingerprint density at radius 3 is 2.90 bits per heavy atom. The van der Waals surface area contributed by atoms with Crippen molar-refractivity contribution >= 4 is 27.5 Å². The number of amides is 1. The summed E-state index contributed by atoms with van der Waals surface area (Å²) in [6, 6.07) is 11.9. The van der Waals surface area contributed by atoms with Gasteiger partial charge in [0, 0.05) is 18.4 Å². The van der Waals surface area contributed by atoms with Gasteiger partial charge in [-0.3, -0.25) is 4.79 Å². The molecule has 4 aromatic rings. The highest BCUT2D eigenvalue weighted by molar-refractivity contribution is 7.20. The third-order valence-corrected chi connectivity index (χ3v) is 6.47. The van der Waals surface area contributed by atoms with E-state index in [1.54, 1.807) is 0 Å². The Balaban J connectivity index is 1.37. The van der Waals surface area contributed by atoms with Crippen LogP contribution < -0.4 is 5.32 Å². The molecule has 0 aliphatic carbocycles. The molecule has 0 saturated carbocycles. The second-order valence-electron chi connectivity index (χ2n) is 7.34. The Hall–Kier alpha value is -3.00. The standard InChI is InChI=1S/C21H22N6OS/c1-14-16-12-17(29-21(16)27(25-14)15-8-4-2-5-9-15)20(28)22-13-19-24-23-18-10-6-3-7-11-26(18)19/h2,4-5,8-9,12H,3,6-7,10-11,13H2,1H3,(H,22,28). The summed E-state index contributed by atoms with van der Waals surface area (Å²) in [6.07, 6.45) is 4.48. The fourth-order valence-electron chi connectivity index (χ4n) is 3.83. The van der Waals surface area contributed by atoms with E-state index in [9.17, 15) is 4.79 Å². The van der Waals surface area contributed by atoms with Gasteiger partial charge in [0.2, 0.25) is 0 Å². The molecule has 3 aromatic heterocycles. The van der Waals surface area contributed by atoms with Gasteiger partial charge in [0.15, 0.2) is 5.82 Å². The summed E-state index contributed by atoms with van der Waals surface area (Å²) in [6.45, 7) is 3.30. The lowest BCUT2D eigenvalue weighted by Gasteiger charge is -2.07.